The van der Waals surface area contributed by atoms with E-state index in [1.165, 1.54) is 18.4 Å². The highest BCUT2D eigenvalue weighted by atomic mass is 16.6. The van der Waals surface area contributed by atoms with E-state index in [9.17, 15) is 4.79 Å². The van der Waals surface area contributed by atoms with Crippen molar-refractivity contribution in [3.63, 3.8) is 0 Å². The Morgan fingerprint density at radius 3 is 2.07 bits per heavy atom. The van der Waals surface area contributed by atoms with Crippen LogP contribution in [-0.2, 0) is 0 Å². The molecule has 0 saturated heterocycles. The van der Waals surface area contributed by atoms with Crippen LogP contribution in [0.15, 0.2) is 72.8 Å². The third-order valence-electron chi connectivity index (χ3n) is 5.29. The number of rotatable bonds is 4. The average molecular weight is 371 g/mol. The molecule has 142 valence electrons. The van der Waals surface area contributed by atoms with E-state index < -0.39 is 0 Å². The van der Waals surface area contributed by atoms with Gasteiger partial charge in [0.25, 0.3) is 0 Å². The minimum absolute atomic E-state index is 0.237. The molecule has 1 amide bonds. The van der Waals surface area contributed by atoms with E-state index in [4.69, 9.17) is 4.74 Å². The molecule has 1 aliphatic carbocycles. The molecule has 1 saturated carbocycles. The third-order valence-corrected chi connectivity index (χ3v) is 5.29. The summed E-state index contributed by atoms with van der Waals surface area (Å²) >= 11 is 0. The standard InChI is InChI=1S/C25H25NO2/c1-18-11-13-20(14-12-18)22-15-21(19-7-3-2-4-8-19)16-24(17-22)28-25(27)26-23-9-5-6-10-23/h2-4,7-8,11-17,23H,5-6,9-10H2,1H3,(H,26,27). The number of benzene rings is 3. The molecule has 1 fully saturated rings. The van der Waals surface area contributed by atoms with Crippen LogP contribution in [0.1, 0.15) is 31.2 Å². The lowest BCUT2D eigenvalue weighted by Crippen LogP contribution is -2.34. The van der Waals surface area contributed by atoms with Crippen LogP contribution < -0.4 is 10.1 Å². The van der Waals surface area contributed by atoms with E-state index in [0.717, 1.165) is 35.1 Å². The summed E-state index contributed by atoms with van der Waals surface area (Å²) in [6.45, 7) is 2.08. The second-order valence-electron chi connectivity index (χ2n) is 7.49. The summed E-state index contributed by atoms with van der Waals surface area (Å²) in [7, 11) is 0. The molecule has 28 heavy (non-hydrogen) atoms. The molecule has 1 N–H and O–H groups in total. The number of ether oxygens (including phenoxy) is 1. The molecule has 3 nitrogen and oxygen atoms in total. The Morgan fingerprint density at radius 1 is 0.821 bits per heavy atom. The number of carbonyl (C=O) groups is 1. The van der Waals surface area contributed by atoms with E-state index >= 15 is 0 Å². The Bertz CT molecular complexity index is 942. The van der Waals surface area contributed by atoms with Gasteiger partial charge in [0.15, 0.2) is 0 Å². The van der Waals surface area contributed by atoms with Crippen molar-refractivity contribution in [3.05, 3.63) is 78.4 Å². The SMILES string of the molecule is Cc1ccc(-c2cc(OC(=O)NC3CCCC3)cc(-c3ccccc3)c2)cc1. The van der Waals surface area contributed by atoms with E-state index in [0.29, 0.717) is 5.75 Å². The van der Waals surface area contributed by atoms with Crippen LogP contribution in [0, 0.1) is 6.92 Å². The molecule has 0 heterocycles. The largest absolute Gasteiger partial charge is 0.412 e. The van der Waals surface area contributed by atoms with Crippen molar-refractivity contribution in [1.29, 1.82) is 0 Å². The van der Waals surface area contributed by atoms with Crippen LogP contribution in [0.4, 0.5) is 4.79 Å². The molecule has 1 aliphatic rings. The summed E-state index contributed by atoms with van der Waals surface area (Å²) in [5.74, 6) is 0.562. The molecule has 0 aliphatic heterocycles. The lowest BCUT2D eigenvalue weighted by molar-refractivity contribution is 0.196. The summed E-state index contributed by atoms with van der Waals surface area (Å²) in [5, 5.41) is 2.99. The van der Waals surface area contributed by atoms with Gasteiger partial charge < -0.3 is 10.1 Å². The molecule has 0 bridgehead atoms. The van der Waals surface area contributed by atoms with E-state index in [1.807, 2.05) is 30.3 Å². The van der Waals surface area contributed by atoms with Crippen molar-refractivity contribution in [1.82, 2.24) is 5.32 Å². The maximum Gasteiger partial charge on any atom is 0.412 e. The summed E-state index contributed by atoms with van der Waals surface area (Å²) in [6.07, 6.45) is 4.05. The minimum atomic E-state index is -0.369. The Hall–Kier alpha value is -3.07. The van der Waals surface area contributed by atoms with E-state index in [1.54, 1.807) is 0 Å². The van der Waals surface area contributed by atoms with Crippen LogP contribution in [0.5, 0.6) is 5.75 Å². The van der Waals surface area contributed by atoms with Crippen molar-refractivity contribution in [3.8, 4) is 28.0 Å². The van der Waals surface area contributed by atoms with Gasteiger partial charge in [0.05, 0.1) is 0 Å². The number of amides is 1. The first kappa shape index (κ1) is 18.3. The van der Waals surface area contributed by atoms with Crippen LogP contribution in [0.25, 0.3) is 22.3 Å². The summed E-state index contributed by atoms with van der Waals surface area (Å²) < 4.78 is 5.67. The predicted octanol–water partition coefficient (Wildman–Crippen LogP) is 6.36. The predicted molar refractivity (Wildman–Crippen MR) is 113 cm³/mol. The molecule has 4 rings (SSSR count). The fourth-order valence-electron chi connectivity index (χ4n) is 3.74. The molecule has 3 aromatic carbocycles. The third kappa shape index (κ3) is 4.42. The first-order valence-electron chi connectivity index (χ1n) is 9.93. The second kappa shape index (κ2) is 8.30. The molecule has 3 heteroatoms. The topological polar surface area (TPSA) is 38.3 Å². The fraction of sp³-hybridized carbons (Fsp3) is 0.240. The average Bonchev–Trinajstić information content (AvgIpc) is 3.22. The molecule has 0 spiro atoms. The summed E-state index contributed by atoms with van der Waals surface area (Å²) in [6, 6.07) is 24.8. The molecule has 0 aromatic heterocycles. The number of hydrogen-bond acceptors (Lipinski definition) is 2. The maximum atomic E-state index is 12.4. The van der Waals surface area contributed by atoms with Crippen LogP contribution >= 0.6 is 0 Å². The number of aryl methyl sites for hydroxylation is 1. The Morgan fingerprint density at radius 2 is 1.43 bits per heavy atom. The van der Waals surface area contributed by atoms with Gasteiger partial charge in [-0.2, -0.15) is 0 Å². The second-order valence-corrected chi connectivity index (χ2v) is 7.49. The zero-order valence-corrected chi connectivity index (χ0v) is 16.2. The van der Waals surface area contributed by atoms with Gasteiger partial charge >= 0.3 is 6.09 Å². The van der Waals surface area contributed by atoms with Crippen LogP contribution in [0.2, 0.25) is 0 Å². The number of hydrogen-bond donors (Lipinski definition) is 1. The van der Waals surface area contributed by atoms with Gasteiger partial charge in [0.1, 0.15) is 5.75 Å². The highest BCUT2D eigenvalue weighted by molar-refractivity contribution is 5.78. The van der Waals surface area contributed by atoms with Gasteiger partial charge in [-0.1, -0.05) is 73.0 Å². The van der Waals surface area contributed by atoms with Crippen molar-refractivity contribution in [2.45, 2.75) is 38.6 Å². The normalized spacial score (nSPS) is 14.0. The molecule has 3 aromatic rings. The smallest absolute Gasteiger partial charge is 0.410 e. The zero-order chi connectivity index (χ0) is 19.3. The van der Waals surface area contributed by atoms with Crippen LogP contribution in [-0.4, -0.2) is 12.1 Å². The lowest BCUT2D eigenvalue weighted by atomic mass is 9.98. The van der Waals surface area contributed by atoms with Gasteiger partial charge in [-0.05, 0) is 60.2 Å². The van der Waals surface area contributed by atoms with Gasteiger partial charge in [0.2, 0.25) is 0 Å². The van der Waals surface area contributed by atoms with Gasteiger partial charge in [-0.15, -0.1) is 0 Å². The monoisotopic (exact) mass is 371 g/mol. The highest BCUT2D eigenvalue weighted by Gasteiger charge is 2.18. The molecular weight excluding hydrogens is 346 g/mol. The quantitative estimate of drug-likeness (QED) is 0.579. The zero-order valence-electron chi connectivity index (χ0n) is 16.2. The van der Waals surface area contributed by atoms with Crippen LogP contribution in [0.3, 0.4) is 0 Å². The molecule has 0 radical (unpaired) electrons. The first-order chi connectivity index (χ1) is 13.7. The van der Waals surface area contributed by atoms with Gasteiger partial charge in [-0.3, -0.25) is 0 Å². The Balaban J connectivity index is 1.65. The van der Waals surface area contributed by atoms with Crippen molar-refractivity contribution in [2.75, 3.05) is 0 Å². The van der Waals surface area contributed by atoms with Gasteiger partial charge in [-0.25, -0.2) is 4.79 Å². The highest BCUT2D eigenvalue weighted by Crippen LogP contribution is 2.32. The van der Waals surface area contributed by atoms with E-state index in [2.05, 4.69) is 54.7 Å². The Labute approximate surface area is 166 Å². The number of nitrogens with one attached hydrogen (secondary N) is 1. The maximum absolute atomic E-state index is 12.4. The van der Waals surface area contributed by atoms with E-state index in [-0.39, 0.29) is 12.1 Å². The van der Waals surface area contributed by atoms with Crippen molar-refractivity contribution >= 4 is 6.09 Å². The van der Waals surface area contributed by atoms with Crippen molar-refractivity contribution in [2.24, 2.45) is 0 Å². The summed E-state index contributed by atoms with van der Waals surface area (Å²) in [4.78, 5) is 12.4. The van der Waals surface area contributed by atoms with Gasteiger partial charge in [0, 0.05) is 6.04 Å². The number of carbonyl (C=O) groups excluding carboxylic acids is 1. The molecule has 0 unspecified atom stereocenters. The Kier molecular flexibility index (Phi) is 5.43. The fourth-order valence-corrected chi connectivity index (χ4v) is 3.74. The molecule has 0 atom stereocenters. The lowest BCUT2D eigenvalue weighted by Gasteiger charge is -2.14. The molecular formula is C25H25NO2. The first-order valence-corrected chi connectivity index (χ1v) is 9.93. The van der Waals surface area contributed by atoms with Crippen molar-refractivity contribution < 1.29 is 9.53 Å². The minimum Gasteiger partial charge on any atom is -0.410 e. The summed E-state index contributed by atoms with van der Waals surface area (Å²) in [5.41, 5.74) is 5.48.